The first-order chi connectivity index (χ1) is 13.1. The lowest BCUT2D eigenvalue weighted by Gasteiger charge is -2.34. The van der Waals surface area contributed by atoms with E-state index in [1.54, 1.807) is 18.2 Å². The van der Waals surface area contributed by atoms with Crippen LogP contribution in [0.3, 0.4) is 0 Å². The number of hydrogen-bond acceptors (Lipinski definition) is 7. The molecule has 9 heteroatoms. The summed E-state index contributed by atoms with van der Waals surface area (Å²) in [6.45, 7) is 3.12. The molecule has 142 valence electrons. The predicted molar refractivity (Wildman–Crippen MR) is 104 cm³/mol. The SMILES string of the molecule is O=S(=O)(NC[C@H](c1ccccc1)N1CCOCC1)c1cccc2nsnc12. The third kappa shape index (κ3) is 4.02. The van der Waals surface area contributed by atoms with E-state index in [4.69, 9.17) is 4.74 Å². The number of ether oxygens (including phenoxy) is 1. The van der Waals surface area contributed by atoms with Gasteiger partial charge in [0.15, 0.2) is 0 Å². The fraction of sp³-hybridized carbons (Fsp3) is 0.333. The second-order valence-corrected chi connectivity index (χ2v) is 8.58. The standard InChI is InChI=1S/C18H20N4O3S2/c23-27(24,17-8-4-7-15-18(17)21-26-20-15)19-13-16(14-5-2-1-3-6-14)22-9-11-25-12-10-22/h1-8,16,19H,9-13H2/t16-/m1/s1. The van der Waals surface area contributed by atoms with Gasteiger partial charge in [-0.3, -0.25) is 4.90 Å². The molecule has 0 unspecified atom stereocenters. The molecular formula is C18H20N4O3S2. The Balaban J connectivity index is 1.59. The van der Waals surface area contributed by atoms with Crippen LogP contribution in [-0.4, -0.2) is 54.9 Å². The highest BCUT2D eigenvalue weighted by atomic mass is 32.2. The molecule has 0 aliphatic carbocycles. The summed E-state index contributed by atoms with van der Waals surface area (Å²) in [5, 5.41) is 0. The van der Waals surface area contributed by atoms with Crippen LogP contribution in [0.5, 0.6) is 0 Å². The Morgan fingerprint density at radius 2 is 1.85 bits per heavy atom. The van der Waals surface area contributed by atoms with Gasteiger partial charge < -0.3 is 4.74 Å². The zero-order valence-electron chi connectivity index (χ0n) is 14.6. The third-order valence-corrected chi connectivity index (χ3v) is 6.67. The van der Waals surface area contributed by atoms with Crippen LogP contribution < -0.4 is 4.72 Å². The van der Waals surface area contributed by atoms with Gasteiger partial charge in [0.25, 0.3) is 0 Å². The zero-order valence-corrected chi connectivity index (χ0v) is 16.2. The number of aromatic nitrogens is 2. The molecule has 1 fully saturated rings. The highest BCUT2D eigenvalue weighted by Crippen LogP contribution is 2.24. The van der Waals surface area contributed by atoms with Crippen molar-refractivity contribution < 1.29 is 13.2 Å². The van der Waals surface area contributed by atoms with E-state index in [1.807, 2.05) is 30.3 Å². The van der Waals surface area contributed by atoms with Gasteiger partial charge in [0.2, 0.25) is 10.0 Å². The second kappa shape index (κ2) is 7.99. The summed E-state index contributed by atoms with van der Waals surface area (Å²) in [6, 6.07) is 14.9. The largest absolute Gasteiger partial charge is 0.379 e. The fourth-order valence-electron chi connectivity index (χ4n) is 3.29. The lowest BCUT2D eigenvalue weighted by molar-refractivity contribution is 0.0172. The summed E-state index contributed by atoms with van der Waals surface area (Å²) in [4.78, 5) is 2.43. The molecular weight excluding hydrogens is 384 g/mol. The minimum absolute atomic E-state index is 0.0577. The predicted octanol–water partition coefficient (Wildman–Crippen LogP) is 2.04. The Bertz CT molecular complexity index is 1000. The topological polar surface area (TPSA) is 84.4 Å². The molecule has 0 radical (unpaired) electrons. The first-order valence-electron chi connectivity index (χ1n) is 8.73. The summed E-state index contributed by atoms with van der Waals surface area (Å²) in [7, 11) is -3.70. The van der Waals surface area contributed by atoms with Crippen molar-refractivity contribution in [2.75, 3.05) is 32.8 Å². The lowest BCUT2D eigenvalue weighted by atomic mass is 10.1. The third-order valence-electron chi connectivity index (χ3n) is 4.68. The highest BCUT2D eigenvalue weighted by molar-refractivity contribution is 7.89. The van der Waals surface area contributed by atoms with Gasteiger partial charge in [-0.15, -0.1) is 0 Å². The van der Waals surface area contributed by atoms with Crippen molar-refractivity contribution in [3.8, 4) is 0 Å². The number of fused-ring (bicyclic) bond motifs is 1. The average molecular weight is 405 g/mol. The van der Waals surface area contributed by atoms with Gasteiger partial charge in [-0.2, -0.15) is 8.75 Å². The van der Waals surface area contributed by atoms with E-state index in [0.717, 1.165) is 30.4 Å². The summed E-state index contributed by atoms with van der Waals surface area (Å²) >= 11 is 1.01. The summed E-state index contributed by atoms with van der Waals surface area (Å²) in [6.07, 6.45) is 0. The van der Waals surface area contributed by atoms with Gasteiger partial charge in [-0.1, -0.05) is 36.4 Å². The minimum atomic E-state index is -3.70. The lowest BCUT2D eigenvalue weighted by Crippen LogP contribution is -2.43. The van der Waals surface area contributed by atoms with E-state index in [2.05, 4.69) is 18.4 Å². The molecule has 0 spiro atoms. The monoisotopic (exact) mass is 404 g/mol. The number of morpholine rings is 1. The number of benzene rings is 2. The highest BCUT2D eigenvalue weighted by Gasteiger charge is 2.26. The van der Waals surface area contributed by atoms with Gasteiger partial charge in [0.1, 0.15) is 15.9 Å². The maximum atomic E-state index is 12.9. The van der Waals surface area contributed by atoms with Crippen LogP contribution in [0, 0.1) is 0 Å². The number of sulfonamides is 1. The Morgan fingerprint density at radius 1 is 1.07 bits per heavy atom. The Morgan fingerprint density at radius 3 is 2.63 bits per heavy atom. The number of rotatable bonds is 6. The molecule has 27 heavy (non-hydrogen) atoms. The van der Waals surface area contributed by atoms with E-state index < -0.39 is 10.0 Å². The smallest absolute Gasteiger partial charge is 0.242 e. The minimum Gasteiger partial charge on any atom is -0.379 e. The molecule has 1 atom stereocenters. The van der Waals surface area contributed by atoms with E-state index in [9.17, 15) is 8.42 Å². The van der Waals surface area contributed by atoms with Gasteiger partial charge in [-0.25, -0.2) is 13.1 Å². The average Bonchev–Trinajstić information content (AvgIpc) is 3.18. The van der Waals surface area contributed by atoms with Gasteiger partial charge in [0, 0.05) is 25.7 Å². The van der Waals surface area contributed by atoms with E-state index >= 15 is 0 Å². The molecule has 2 aromatic carbocycles. The normalized spacial score (nSPS) is 17.2. The van der Waals surface area contributed by atoms with Crippen molar-refractivity contribution in [2.45, 2.75) is 10.9 Å². The van der Waals surface area contributed by atoms with Crippen LogP contribution in [0.4, 0.5) is 0 Å². The van der Waals surface area contributed by atoms with Crippen LogP contribution >= 0.6 is 11.7 Å². The second-order valence-electron chi connectivity index (χ2n) is 6.31. The Kier molecular flexibility index (Phi) is 5.46. The summed E-state index contributed by atoms with van der Waals surface area (Å²) in [5.74, 6) is 0. The molecule has 3 aromatic rings. The van der Waals surface area contributed by atoms with Crippen molar-refractivity contribution in [3.63, 3.8) is 0 Å². The Labute approximate surface area is 162 Å². The molecule has 0 saturated carbocycles. The van der Waals surface area contributed by atoms with E-state index in [1.165, 1.54) is 0 Å². The van der Waals surface area contributed by atoms with Crippen molar-refractivity contribution in [1.29, 1.82) is 0 Å². The number of hydrogen-bond donors (Lipinski definition) is 1. The maximum absolute atomic E-state index is 12.9. The number of nitrogens with zero attached hydrogens (tertiary/aromatic N) is 3. The molecule has 7 nitrogen and oxygen atoms in total. The van der Waals surface area contributed by atoms with Crippen LogP contribution in [-0.2, 0) is 14.8 Å². The van der Waals surface area contributed by atoms with Crippen molar-refractivity contribution in [1.82, 2.24) is 18.4 Å². The first-order valence-corrected chi connectivity index (χ1v) is 10.9. The van der Waals surface area contributed by atoms with E-state index in [0.29, 0.717) is 24.2 Å². The molecule has 1 aliphatic rings. The molecule has 4 rings (SSSR count). The van der Waals surface area contributed by atoms with Crippen LogP contribution in [0.15, 0.2) is 53.4 Å². The first kappa shape index (κ1) is 18.5. The van der Waals surface area contributed by atoms with Gasteiger partial charge in [-0.05, 0) is 17.7 Å². The van der Waals surface area contributed by atoms with Crippen LogP contribution in [0.2, 0.25) is 0 Å². The molecule has 0 amide bonds. The van der Waals surface area contributed by atoms with Crippen LogP contribution in [0.25, 0.3) is 11.0 Å². The molecule has 1 N–H and O–H groups in total. The zero-order chi connectivity index (χ0) is 18.7. The van der Waals surface area contributed by atoms with Crippen molar-refractivity contribution in [2.24, 2.45) is 0 Å². The summed E-state index contributed by atoms with van der Waals surface area (Å²) in [5.41, 5.74) is 2.09. The molecule has 2 heterocycles. The molecule has 1 aliphatic heterocycles. The van der Waals surface area contributed by atoms with Gasteiger partial charge >= 0.3 is 0 Å². The molecule has 1 aromatic heterocycles. The van der Waals surface area contributed by atoms with Crippen LogP contribution in [0.1, 0.15) is 11.6 Å². The maximum Gasteiger partial charge on any atom is 0.242 e. The fourth-order valence-corrected chi connectivity index (χ4v) is 5.09. The Hall–Kier alpha value is -1.91. The molecule has 0 bridgehead atoms. The summed E-state index contributed by atoms with van der Waals surface area (Å²) < 4.78 is 42.4. The molecule has 1 saturated heterocycles. The quantitative estimate of drug-likeness (QED) is 0.677. The van der Waals surface area contributed by atoms with Crippen molar-refractivity contribution in [3.05, 3.63) is 54.1 Å². The van der Waals surface area contributed by atoms with E-state index in [-0.39, 0.29) is 17.5 Å². The van der Waals surface area contributed by atoms with Crippen molar-refractivity contribution >= 4 is 32.8 Å². The van der Waals surface area contributed by atoms with Gasteiger partial charge in [0.05, 0.1) is 24.9 Å². The number of nitrogens with one attached hydrogen (secondary N) is 1.